The van der Waals surface area contributed by atoms with Gasteiger partial charge in [-0.05, 0) is 57.0 Å². The third-order valence-electron chi connectivity index (χ3n) is 5.09. The van der Waals surface area contributed by atoms with E-state index in [1.165, 1.54) is 51.3 Å². The molecule has 2 unspecified atom stereocenters. The maximum absolute atomic E-state index is 11.1. The molecule has 0 bridgehead atoms. The van der Waals surface area contributed by atoms with Crippen LogP contribution in [0.25, 0.3) is 0 Å². The van der Waals surface area contributed by atoms with Crippen LogP contribution in [0.15, 0.2) is 18.2 Å². The Hall–Kier alpha value is -1.75. The summed E-state index contributed by atoms with van der Waals surface area (Å²) in [6.07, 6.45) is 6.26. The van der Waals surface area contributed by atoms with Gasteiger partial charge in [-0.2, -0.15) is 0 Å². The fourth-order valence-corrected chi connectivity index (χ4v) is 3.89. The molecule has 0 aliphatic carbocycles. The number of fused-ring (bicyclic) bond motifs is 1. The first-order chi connectivity index (χ1) is 11.2. The molecule has 0 spiro atoms. The van der Waals surface area contributed by atoms with Gasteiger partial charge in [-0.3, -0.25) is 4.90 Å². The number of hydrogen-bond donors (Lipinski definition) is 1. The summed E-state index contributed by atoms with van der Waals surface area (Å²) in [5.41, 5.74) is 0.226. The maximum atomic E-state index is 11.1. The van der Waals surface area contributed by atoms with Crippen molar-refractivity contribution in [3.63, 3.8) is 0 Å². The first-order valence-electron chi connectivity index (χ1n) is 8.47. The second kappa shape index (κ2) is 7.21. The van der Waals surface area contributed by atoms with Gasteiger partial charge in [-0.25, -0.2) is 4.79 Å². The maximum Gasteiger partial charge on any atom is 0.335 e. The number of rotatable bonds is 5. The van der Waals surface area contributed by atoms with Crippen LogP contribution in [0.4, 0.5) is 0 Å². The Labute approximate surface area is 137 Å². The van der Waals surface area contributed by atoms with Gasteiger partial charge in [0.1, 0.15) is 0 Å². The van der Waals surface area contributed by atoms with E-state index in [1.807, 2.05) is 0 Å². The van der Waals surface area contributed by atoms with E-state index >= 15 is 0 Å². The highest BCUT2D eigenvalue weighted by Crippen LogP contribution is 2.33. The number of piperidine rings is 2. The van der Waals surface area contributed by atoms with Crippen molar-refractivity contribution in [1.29, 1.82) is 0 Å². The summed E-state index contributed by atoms with van der Waals surface area (Å²) in [5.74, 6) is 0.683. The SMILES string of the molecule is COc1ccc(C(=O)O)cc1OCC1CCCN2CCCCC12. The third-order valence-corrected chi connectivity index (χ3v) is 5.09. The molecule has 2 saturated heterocycles. The van der Waals surface area contributed by atoms with Crippen molar-refractivity contribution in [2.24, 2.45) is 5.92 Å². The van der Waals surface area contributed by atoms with Crippen molar-refractivity contribution >= 4 is 5.97 Å². The van der Waals surface area contributed by atoms with E-state index in [0.29, 0.717) is 30.1 Å². The van der Waals surface area contributed by atoms with Crippen LogP contribution in [0, 0.1) is 5.92 Å². The lowest BCUT2D eigenvalue weighted by atomic mass is 9.84. The molecule has 126 valence electrons. The number of ether oxygens (including phenoxy) is 2. The zero-order valence-electron chi connectivity index (χ0n) is 13.7. The predicted octanol–water partition coefficient (Wildman–Crippen LogP) is 3.04. The molecule has 1 aromatic carbocycles. The van der Waals surface area contributed by atoms with Crippen molar-refractivity contribution in [2.75, 3.05) is 26.8 Å². The summed E-state index contributed by atoms with van der Waals surface area (Å²) in [5, 5.41) is 9.14. The molecule has 1 N–H and O–H groups in total. The zero-order valence-corrected chi connectivity index (χ0v) is 13.7. The molecule has 2 aliphatic heterocycles. The van der Waals surface area contributed by atoms with Gasteiger partial charge in [0.05, 0.1) is 19.3 Å². The quantitative estimate of drug-likeness (QED) is 0.904. The Bertz CT molecular complexity index is 558. The van der Waals surface area contributed by atoms with E-state index in [2.05, 4.69) is 4.90 Å². The molecule has 0 amide bonds. The van der Waals surface area contributed by atoms with Crippen LogP contribution >= 0.6 is 0 Å². The van der Waals surface area contributed by atoms with Crippen molar-refractivity contribution in [1.82, 2.24) is 4.90 Å². The molecule has 2 heterocycles. The van der Waals surface area contributed by atoms with Gasteiger partial charge in [0, 0.05) is 12.0 Å². The number of carbonyl (C=O) groups is 1. The Kier molecular flexibility index (Phi) is 5.06. The summed E-state index contributed by atoms with van der Waals surface area (Å²) >= 11 is 0. The van der Waals surface area contributed by atoms with Crippen LogP contribution in [0.2, 0.25) is 0 Å². The molecule has 5 heteroatoms. The lowest BCUT2D eigenvalue weighted by molar-refractivity contribution is 0.0360. The van der Waals surface area contributed by atoms with Crippen LogP contribution in [-0.4, -0.2) is 48.8 Å². The van der Waals surface area contributed by atoms with E-state index in [9.17, 15) is 4.79 Å². The molecular formula is C18H25NO4. The van der Waals surface area contributed by atoms with E-state index < -0.39 is 5.97 Å². The van der Waals surface area contributed by atoms with Crippen LogP contribution in [-0.2, 0) is 0 Å². The zero-order chi connectivity index (χ0) is 16.2. The fourth-order valence-electron chi connectivity index (χ4n) is 3.89. The van der Waals surface area contributed by atoms with Crippen LogP contribution in [0.5, 0.6) is 11.5 Å². The molecule has 0 radical (unpaired) electrons. The summed E-state index contributed by atoms with van der Waals surface area (Å²) in [4.78, 5) is 13.7. The molecule has 23 heavy (non-hydrogen) atoms. The van der Waals surface area contributed by atoms with Crippen LogP contribution in [0.3, 0.4) is 0 Å². The molecule has 5 nitrogen and oxygen atoms in total. The van der Waals surface area contributed by atoms with Gasteiger partial charge in [-0.1, -0.05) is 6.42 Å². The summed E-state index contributed by atoms with van der Waals surface area (Å²) in [6, 6.07) is 5.37. The van der Waals surface area contributed by atoms with Crippen molar-refractivity contribution in [3.05, 3.63) is 23.8 Å². The number of hydrogen-bond acceptors (Lipinski definition) is 4. The van der Waals surface area contributed by atoms with Crippen molar-refractivity contribution in [3.8, 4) is 11.5 Å². The van der Waals surface area contributed by atoms with Gasteiger partial charge in [0.15, 0.2) is 11.5 Å². The van der Waals surface area contributed by atoms with Crippen LogP contribution < -0.4 is 9.47 Å². The topological polar surface area (TPSA) is 59.0 Å². The molecular weight excluding hydrogens is 294 g/mol. The third kappa shape index (κ3) is 3.61. The van der Waals surface area contributed by atoms with E-state index in [0.717, 1.165) is 0 Å². The summed E-state index contributed by atoms with van der Waals surface area (Å²) in [7, 11) is 1.58. The highest BCUT2D eigenvalue weighted by atomic mass is 16.5. The molecule has 2 fully saturated rings. The van der Waals surface area contributed by atoms with E-state index in [4.69, 9.17) is 14.6 Å². The van der Waals surface area contributed by atoms with Gasteiger partial charge in [0.25, 0.3) is 0 Å². The van der Waals surface area contributed by atoms with E-state index in [-0.39, 0.29) is 5.56 Å². The average molecular weight is 319 g/mol. The lowest BCUT2D eigenvalue weighted by Crippen LogP contribution is -2.49. The average Bonchev–Trinajstić information content (AvgIpc) is 2.59. The monoisotopic (exact) mass is 319 g/mol. The summed E-state index contributed by atoms with van der Waals surface area (Å²) < 4.78 is 11.3. The van der Waals surface area contributed by atoms with Gasteiger partial charge in [-0.15, -0.1) is 0 Å². The summed E-state index contributed by atoms with van der Waals surface area (Å²) in [6.45, 7) is 3.04. The number of aromatic carboxylic acids is 1. The Morgan fingerprint density at radius 1 is 1.22 bits per heavy atom. The van der Waals surface area contributed by atoms with E-state index in [1.54, 1.807) is 19.2 Å². The molecule has 2 aliphatic rings. The standard InChI is InChI=1S/C18H25NO4/c1-22-16-8-7-13(18(20)21)11-17(16)23-12-14-5-4-10-19-9-3-2-6-15(14)19/h7-8,11,14-15H,2-6,9-10,12H2,1H3,(H,20,21). The largest absolute Gasteiger partial charge is 0.493 e. The molecule has 2 atom stereocenters. The minimum absolute atomic E-state index is 0.226. The normalized spacial score (nSPS) is 24.7. The number of nitrogens with zero attached hydrogens (tertiary/aromatic N) is 1. The second-order valence-electron chi connectivity index (χ2n) is 6.48. The lowest BCUT2D eigenvalue weighted by Gasteiger charge is -2.44. The molecule has 0 aromatic heterocycles. The Morgan fingerprint density at radius 2 is 2.04 bits per heavy atom. The fraction of sp³-hybridized carbons (Fsp3) is 0.611. The van der Waals surface area contributed by atoms with Crippen molar-refractivity contribution in [2.45, 2.75) is 38.1 Å². The first kappa shape index (κ1) is 16.1. The Balaban J connectivity index is 1.69. The van der Waals surface area contributed by atoms with Gasteiger partial charge in [0.2, 0.25) is 0 Å². The predicted molar refractivity (Wildman–Crippen MR) is 87.4 cm³/mol. The molecule has 0 saturated carbocycles. The number of methoxy groups -OCH3 is 1. The van der Waals surface area contributed by atoms with Crippen molar-refractivity contribution < 1.29 is 19.4 Å². The minimum Gasteiger partial charge on any atom is -0.493 e. The number of carboxylic acid groups (broad SMARTS) is 1. The number of carboxylic acids is 1. The number of benzene rings is 1. The minimum atomic E-state index is -0.950. The molecule has 3 rings (SSSR count). The Morgan fingerprint density at radius 3 is 2.83 bits per heavy atom. The highest BCUT2D eigenvalue weighted by molar-refractivity contribution is 5.88. The van der Waals surface area contributed by atoms with Gasteiger partial charge < -0.3 is 14.6 Å². The second-order valence-corrected chi connectivity index (χ2v) is 6.48. The smallest absolute Gasteiger partial charge is 0.335 e. The highest BCUT2D eigenvalue weighted by Gasteiger charge is 2.33. The first-order valence-corrected chi connectivity index (χ1v) is 8.47. The van der Waals surface area contributed by atoms with Crippen LogP contribution in [0.1, 0.15) is 42.5 Å². The van der Waals surface area contributed by atoms with Gasteiger partial charge >= 0.3 is 5.97 Å². The molecule has 1 aromatic rings.